The molecular formula is C17H22N2S. The normalized spacial score (nSPS) is 19.2. The van der Waals surface area contributed by atoms with Gasteiger partial charge in [0.1, 0.15) is 0 Å². The fourth-order valence-electron chi connectivity index (χ4n) is 2.84. The molecule has 1 aliphatic rings. The molecule has 3 rings (SSSR count). The van der Waals surface area contributed by atoms with E-state index in [4.69, 9.17) is 0 Å². The first-order chi connectivity index (χ1) is 9.72. The predicted molar refractivity (Wildman–Crippen MR) is 85.9 cm³/mol. The van der Waals surface area contributed by atoms with Crippen molar-refractivity contribution in [3.05, 3.63) is 57.8 Å². The van der Waals surface area contributed by atoms with Gasteiger partial charge in [-0.3, -0.25) is 4.90 Å². The molecular weight excluding hydrogens is 264 g/mol. The van der Waals surface area contributed by atoms with Crippen LogP contribution < -0.4 is 0 Å². The number of thiophene rings is 1. The molecule has 0 bridgehead atoms. The van der Waals surface area contributed by atoms with Crippen molar-refractivity contribution in [1.82, 2.24) is 9.80 Å². The second-order valence-corrected chi connectivity index (χ2v) is 6.84. The van der Waals surface area contributed by atoms with E-state index < -0.39 is 0 Å². The van der Waals surface area contributed by atoms with Gasteiger partial charge in [0.15, 0.2) is 0 Å². The maximum absolute atomic E-state index is 2.58. The third-order valence-electron chi connectivity index (χ3n) is 3.88. The van der Waals surface area contributed by atoms with Gasteiger partial charge in [-0.2, -0.15) is 0 Å². The zero-order chi connectivity index (χ0) is 13.9. The summed E-state index contributed by atoms with van der Waals surface area (Å²) in [4.78, 5) is 6.30. The van der Waals surface area contributed by atoms with Crippen molar-refractivity contribution in [2.24, 2.45) is 0 Å². The molecule has 106 valence electrons. The summed E-state index contributed by atoms with van der Waals surface area (Å²) >= 11 is 1.90. The van der Waals surface area contributed by atoms with Crippen molar-refractivity contribution in [3.63, 3.8) is 0 Å². The molecule has 20 heavy (non-hydrogen) atoms. The average Bonchev–Trinajstić information content (AvgIpc) is 2.82. The largest absolute Gasteiger partial charge is 0.305 e. The zero-order valence-electron chi connectivity index (χ0n) is 12.2. The van der Waals surface area contributed by atoms with E-state index in [1.807, 2.05) is 11.3 Å². The molecule has 1 fully saturated rings. The second-order valence-electron chi connectivity index (χ2n) is 5.84. The van der Waals surface area contributed by atoms with Crippen molar-refractivity contribution in [2.75, 3.05) is 20.6 Å². The third kappa shape index (κ3) is 3.11. The molecule has 2 aromatic rings. The van der Waals surface area contributed by atoms with Gasteiger partial charge in [-0.25, -0.2) is 0 Å². The Morgan fingerprint density at radius 3 is 2.70 bits per heavy atom. The Hall–Kier alpha value is -1.16. The minimum absolute atomic E-state index is 0.621. The van der Waals surface area contributed by atoms with Crippen LogP contribution in [0.3, 0.4) is 0 Å². The van der Waals surface area contributed by atoms with Crippen molar-refractivity contribution >= 4 is 11.3 Å². The molecule has 1 atom stereocenters. The molecule has 0 aliphatic carbocycles. The Morgan fingerprint density at radius 1 is 1.25 bits per heavy atom. The van der Waals surface area contributed by atoms with Gasteiger partial charge in [-0.05, 0) is 43.1 Å². The highest BCUT2D eigenvalue weighted by atomic mass is 32.1. The summed E-state index contributed by atoms with van der Waals surface area (Å²) in [6.07, 6.45) is 1.29. The summed E-state index contributed by atoms with van der Waals surface area (Å²) in [6, 6.07) is 13.9. The molecule has 0 unspecified atom stereocenters. The molecule has 0 N–H and O–H groups in total. The summed E-state index contributed by atoms with van der Waals surface area (Å²) in [6.45, 7) is 3.36. The molecule has 1 aromatic carbocycles. The smallest absolute Gasteiger partial charge is 0.0364 e. The Balaban J connectivity index is 1.62. The van der Waals surface area contributed by atoms with Crippen LogP contribution in [0.1, 0.15) is 28.5 Å². The van der Waals surface area contributed by atoms with E-state index in [2.05, 4.69) is 65.7 Å². The monoisotopic (exact) mass is 286 g/mol. The first-order valence-corrected chi connectivity index (χ1v) is 8.10. The van der Waals surface area contributed by atoms with Crippen LogP contribution in [0.4, 0.5) is 0 Å². The van der Waals surface area contributed by atoms with Crippen LogP contribution in [0.5, 0.6) is 0 Å². The topological polar surface area (TPSA) is 6.48 Å². The molecule has 0 saturated carbocycles. The van der Waals surface area contributed by atoms with Crippen molar-refractivity contribution in [3.8, 4) is 0 Å². The standard InChI is InChI=1S/C17H22N2S/c1-18(2)11-14-10-16(20-13-14)12-19-9-8-17(19)15-6-4-3-5-7-15/h3-7,10,13,17H,8-9,11-12H2,1-2H3/t17-/m0/s1. The zero-order valence-corrected chi connectivity index (χ0v) is 13.1. The molecule has 0 amide bonds. The number of hydrogen-bond donors (Lipinski definition) is 0. The van der Waals surface area contributed by atoms with E-state index in [1.54, 1.807) is 0 Å². The van der Waals surface area contributed by atoms with Crippen molar-refractivity contribution in [2.45, 2.75) is 25.6 Å². The Morgan fingerprint density at radius 2 is 2.05 bits per heavy atom. The summed E-state index contributed by atoms with van der Waals surface area (Å²) in [5, 5.41) is 2.30. The summed E-state index contributed by atoms with van der Waals surface area (Å²) in [5.41, 5.74) is 2.90. The quantitative estimate of drug-likeness (QED) is 0.826. The van der Waals surface area contributed by atoms with Gasteiger partial charge in [-0.1, -0.05) is 30.3 Å². The van der Waals surface area contributed by atoms with E-state index in [9.17, 15) is 0 Å². The average molecular weight is 286 g/mol. The number of rotatable bonds is 5. The van der Waals surface area contributed by atoms with Gasteiger partial charge in [0, 0.05) is 30.6 Å². The number of hydrogen-bond acceptors (Lipinski definition) is 3. The van der Waals surface area contributed by atoms with Crippen LogP contribution in [0, 0.1) is 0 Å². The van der Waals surface area contributed by atoms with Gasteiger partial charge >= 0.3 is 0 Å². The van der Waals surface area contributed by atoms with Gasteiger partial charge < -0.3 is 4.90 Å². The van der Waals surface area contributed by atoms with E-state index in [0.29, 0.717) is 6.04 Å². The van der Waals surface area contributed by atoms with Crippen LogP contribution in [0.15, 0.2) is 41.8 Å². The molecule has 2 nitrogen and oxygen atoms in total. The minimum atomic E-state index is 0.621. The molecule has 3 heteroatoms. The first-order valence-electron chi connectivity index (χ1n) is 7.22. The second kappa shape index (κ2) is 6.08. The highest BCUT2D eigenvalue weighted by molar-refractivity contribution is 7.10. The lowest BCUT2D eigenvalue weighted by atomic mass is 9.95. The molecule has 2 heterocycles. The van der Waals surface area contributed by atoms with E-state index >= 15 is 0 Å². The SMILES string of the molecule is CN(C)Cc1csc(CN2CC[C@H]2c2ccccc2)c1. The van der Waals surface area contributed by atoms with E-state index in [1.165, 1.54) is 29.0 Å². The van der Waals surface area contributed by atoms with Crippen LogP contribution in [-0.4, -0.2) is 30.4 Å². The highest BCUT2D eigenvalue weighted by Gasteiger charge is 2.29. The van der Waals surface area contributed by atoms with Crippen molar-refractivity contribution in [1.29, 1.82) is 0 Å². The van der Waals surface area contributed by atoms with Crippen LogP contribution >= 0.6 is 11.3 Å². The van der Waals surface area contributed by atoms with Gasteiger partial charge in [-0.15, -0.1) is 11.3 Å². The highest BCUT2D eigenvalue weighted by Crippen LogP contribution is 2.35. The number of benzene rings is 1. The predicted octanol–water partition coefficient (Wildman–Crippen LogP) is 3.76. The van der Waals surface area contributed by atoms with Crippen LogP contribution in [0.25, 0.3) is 0 Å². The summed E-state index contributed by atoms with van der Waals surface area (Å²) in [5.74, 6) is 0. The molecule has 1 aromatic heterocycles. The van der Waals surface area contributed by atoms with Gasteiger partial charge in [0.25, 0.3) is 0 Å². The maximum atomic E-state index is 2.58. The van der Waals surface area contributed by atoms with Crippen molar-refractivity contribution < 1.29 is 0 Å². The summed E-state index contributed by atoms with van der Waals surface area (Å²) in [7, 11) is 4.25. The molecule has 0 spiro atoms. The third-order valence-corrected chi connectivity index (χ3v) is 4.85. The van der Waals surface area contributed by atoms with Crippen LogP contribution in [0.2, 0.25) is 0 Å². The summed E-state index contributed by atoms with van der Waals surface area (Å²) < 4.78 is 0. The molecule has 1 saturated heterocycles. The van der Waals surface area contributed by atoms with E-state index in [0.717, 1.165) is 13.1 Å². The lowest BCUT2D eigenvalue weighted by Crippen LogP contribution is -2.39. The Bertz CT molecular complexity index is 547. The van der Waals surface area contributed by atoms with Gasteiger partial charge in [0.2, 0.25) is 0 Å². The number of nitrogens with zero attached hydrogens (tertiary/aromatic N) is 2. The molecule has 1 aliphatic heterocycles. The first kappa shape index (κ1) is 13.8. The fourth-order valence-corrected chi connectivity index (χ4v) is 3.75. The van der Waals surface area contributed by atoms with E-state index in [-0.39, 0.29) is 0 Å². The lowest BCUT2D eigenvalue weighted by molar-refractivity contribution is 0.0831. The van der Waals surface area contributed by atoms with Crippen LogP contribution in [-0.2, 0) is 13.1 Å². The Labute approximate surface area is 125 Å². The maximum Gasteiger partial charge on any atom is 0.0364 e. The molecule has 0 radical (unpaired) electrons. The minimum Gasteiger partial charge on any atom is -0.305 e. The Kier molecular flexibility index (Phi) is 4.20. The number of likely N-dealkylation sites (tertiary alicyclic amines) is 1. The fraction of sp³-hybridized carbons (Fsp3) is 0.412. The lowest BCUT2D eigenvalue weighted by Gasteiger charge is -2.41. The van der Waals surface area contributed by atoms with Gasteiger partial charge in [0.05, 0.1) is 0 Å².